The number of hydrogen-bond acceptors (Lipinski definition) is 4. The lowest BCUT2D eigenvalue weighted by atomic mass is 9.97. The molecular weight excluding hydrogens is 328 g/mol. The molecule has 1 N–H and O–H groups in total. The molecule has 0 aliphatic rings. The van der Waals surface area contributed by atoms with Gasteiger partial charge in [0.05, 0.1) is 18.4 Å². The number of rotatable bonds is 4. The van der Waals surface area contributed by atoms with Gasteiger partial charge in [-0.2, -0.15) is 0 Å². The molecule has 0 atom stereocenters. The van der Waals surface area contributed by atoms with Crippen LogP contribution in [0, 0.1) is 6.92 Å². The maximum absolute atomic E-state index is 12.9. The summed E-state index contributed by atoms with van der Waals surface area (Å²) in [6.07, 6.45) is 0. The highest BCUT2D eigenvalue weighted by atomic mass is 16.5. The van der Waals surface area contributed by atoms with Crippen LogP contribution in [-0.2, 0) is 4.74 Å². The lowest BCUT2D eigenvalue weighted by Gasteiger charge is -2.14. The summed E-state index contributed by atoms with van der Waals surface area (Å²) in [5.41, 5.74) is 3.19. The lowest BCUT2D eigenvalue weighted by molar-refractivity contribution is 0.0593. The van der Waals surface area contributed by atoms with E-state index in [-0.39, 0.29) is 11.6 Å². The molecule has 0 fully saturated rings. The number of aryl methyl sites for hydroxylation is 1. The van der Waals surface area contributed by atoms with Crippen LogP contribution in [0.3, 0.4) is 0 Å². The molecule has 3 aromatic rings. The fourth-order valence-corrected chi connectivity index (χ4v) is 2.73. The monoisotopic (exact) mass is 346 g/mol. The van der Waals surface area contributed by atoms with Crippen molar-refractivity contribution in [3.8, 4) is 11.1 Å². The van der Waals surface area contributed by atoms with Crippen LogP contribution >= 0.6 is 0 Å². The third-order valence-electron chi connectivity index (χ3n) is 3.94. The van der Waals surface area contributed by atoms with E-state index in [2.05, 4.69) is 10.3 Å². The Morgan fingerprint density at radius 3 is 2.19 bits per heavy atom. The summed E-state index contributed by atoms with van der Waals surface area (Å²) in [5, 5.41) is 2.88. The molecule has 1 heterocycles. The average molecular weight is 346 g/mol. The van der Waals surface area contributed by atoms with Crippen molar-refractivity contribution in [2.75, 3.05) is 12.4 Å². The average Bonchev–Trinajstić information content (AvgIpc) is 2.68. The van der Waals surface area contributed by atoms with Crippen molar-refractivity contribution in [3.05, 3.63) is 83.7 Å². The Hall–Kier alpha value is -3.47. The fourth-order valence-electron chi connectivity index (χ4n) is 2.73. The third kappa shape index (κ3) is 3.62. The molecule has 0 radical (unpaired) electrons. The van der Waals surface area contributed by atoms with Crippen molar-refractivity contribution in [3.63, 3.8) is 0 Å². The van der Waals surface area contributed by atoms with Gasteiger partial charge in [-0.1, -0.05) is 48.5 Å². The maximum atomic E-state index is 12.9. The van der Waals surface area contributed by atoms with Crippen molar-refractivity contribution in [1.82, 2.24) is 4.98 Å². The summed E-state index contributed by atoms with van der Waals surface area (Å²) < 4.78 is 4.78. The zero-order chi connectivity index (χ0) is 18.5. The largest absolute Gasteiger partial charge is 0.464 e. The Morgan fingerprint density at radius 1 is 0.962 bits per heavy atom. The van der Waals surface area contributed by atoms with E-state index >= 15 is 0 Å². The van der Waals surface area contributed by atoms with Gasteiger partial charge in [0, 0.05) is 5.69 Å². The molecule has 5 nitrogen and oxygen atoms in total. The van der Waals surface area contributed by atoms with Gasteiger partial charge in [0.15, 0.2) is 0 Å². The Bertz CT molecular complexity index is 938. The SMILES string of the molecule is COC(=O)c1cc(-c2ccccc2)c(C(=O)Nc2ccccc2)c(C)n1. The fraction of sp³-hybridized carbons (Fsp3) is 0.0952. The molecular formula is C21H18N2O3. The van der Waals surface area contributed by atoms with Gasteiger partial charge in [-0.05, 0) is 36.2 Å². The van der Waals surface area contributed by atoms with Gasteiger partial charge in [-0.3, -0.25) is 4.79 Å². The summed E-state index contributed by atoms with van der Waals surface area (Å²) in [5.74, 6) is -0.822. The summed E-state index contributed by atoms with van der Waals surface area (Å²) in [4.78, 5) is 29.1. The van der Waals surface area contributed by atoms with E-state index in [4.69, 9.17) is 4.74 Å². The molecule has 0 aliphatic carbocycles. The predicted octanol–water partition coefficient (Wildman–Crippen LogP) is 4.10. The molecule has 3 rings (SSSR count). The van der Waals surface area contributed by atoms with Gasteiger partial charge < -0.3 is 10.1 Å². The van der Waals surface area contributed by atoms with Crippen LogP contribution in [0.4, 0.5) is 5.69 Å². The second-order valence-corrected chi connectivity index (χ2v) is 5.69. The van der Waals surface area contributed by atoms with E-state index in [1.165, 1.54) is 7.11 Å². The number of benzene rings is 2. The maximum Gasteiger partial charge on any atom is 0.356 e. The molecule has 2 aromatic carbocycles. The van der Waals surface area contributed by atoms with Crippen LogP contribution in [0.5, 0.6) is 0 Å². The van der Waals surface area contributed by atoms with Gasteiger partial charge >= 0.3 is 5.97 Å². The Morgan fingerprint density at radius 2 is 1.58 bits per heavy atom. The number of nitrogens with one attached hydrogen (secondary N) is 1. The van der Waals surface area contributed by atoms with Crippen molar-refractivity contribution >= 4 is 17.6 Å². The van der Waals surface area contributed by atoms with E-state index in [9.17, 15) is 9.59 Å². The number of anilines is 1. The smallest absolute Gasteiger partial charge is 0.356 e. The van der Waals surface area contributed by atoms with Crippen molar-refractivity contribution in [2.24, 2.45) is 0 Å². The van der Waals surface area contributed by atoms with Crippen LogP contribution in [0.25, 0.3) is 11.1 Å². The molecule has 1 aromatic heterocycles. The van der Waals surface area contributed by atoms with Crippen LogP contribution in [-0.4, -0.2) is 24.0 Å². The minimum absolute atomic E-state index is 0.167. The number of carbonyl (C=O) groups is 2. The number of esters is 1. The molecule has 0 unspecified atom stereocenters. The first kappa shape index (κ1) is 17.4. The predicted molar refractivity (Wildman–Crippen MR) is 100 cm³/mol. The van der Waals surface area contributed by atoms with Gasteiger partial charge in [0.25, 0.3) is 5.91 Å². The van der Waals surface area contributed by atoms with E-state index in [1.54, 1.807) is 13.0 Å². The zero-order valence-electron chi connectivity index (χ0n) is 14.5. The van der Waals surface area contributed by atoms with Crippen molar-refractivity contribution < 1.29 is 14.3 Å². The summed E-state index contributed by atoms with van der Waals surface area (Å²) in [6, 6.07) is 20.2. The molecule has 1 amide bonds. The third-order valence-corrected chi connectivity index (χ3v) is 3.94. The number of para-hydroxylation sites is 1. The van der Waals surface area contributed by atoms with Gasteiger partial charge in [0.2, 0.25) is 0 Å². The number of pyridine rings is 1. The minimum atomic E-state index is -0.541. The second-order valence-electron chi connectivity index (χ2n) is 5.69. The lowest BCUT2D eigenvalue weighted by Crippen LogP contribution is -2.17. The standard InChI is InChI=1S/C21H18N2O3/c1-14-19(20(24)23-16-11-7-4-8-12-16)17(15-9-5-3-6-10-15)13-18(22-14)21(25)26-2/h3-13H,1-2H3,(H,23,24). The number of carbonyl (C=O) groups excluding carboxylic acids is 2. The molecule has 0 bridgehead atoms. The quantitative estimate of drug-likeness (QED) is 0.722. The second kappa shape index (κ2) is 7.61. The highest BCUT2D eigenvalue weighted by molar-refractivity contribution is 6.10. The van der Waals surface area contributed by atoms with Gasteiger partial charge in [-0.25, -0.2) is 9.78 Å². The zero-order valence-corrected chi connectivity index (χ0v) is 14.5. The molecule has 5 heteroatoms. The first-order valence-corrected chi connectivity index (χ1v) is 8.12. The Balaban J connectivity index is 2.11. The van der Waals surface area contributed by atoms with Gasteiger partial charge in [0.1, 0.15) is 5.69 Å². The molecule has 0 spiro atoms. The first-order chi connectivity index (χ1) is 12.6. The molecule has 130 valence electrons. The van der Waals surface area contributed by atoms with E-state index in [1.807, 2.05) is 60.7 Å². The molecule has 0 saturated heterocycles. The minimum Gasteiger partial charge on any atom is -0.464 e. The summed E-state index contributed by atoms with van der Waals surface area (Å²) in [6.45, 7) is 1.71. The van der Waals surface area contributed by atoms with Crippen LogP contribution in [0.2, 0.25) is 0 Å². The Labute approximate surface area is 151 Å². The van der Waals surface area contributed by atoms with Crippen LogP contribution in [0.1, 0.15) is 26.5 Å². The van der Waals surface area contributed by atoms with Crippen molar-refractivity contribution in [1.29, 1.82) is 0 Å². The van der Waals surface area contributed by atoms with Gasteiger partial charge in [-0.15, -0.1) is 0 Å². The van der Waals surface area contributed by atoms with Crippen molar-refractivity contribution in [2.45, 2.75) is 6.92 Å². The normalized spacial score (nSPS) is 10.2. The van der Waals surface area contributed by atoms with E-state index in [0.29, 0.717) is 22.5 Å². The number of amides is 1. The summed E-state index contributed by atoms with van der Waals surface area (Å²) in [7, 11) is 1.30. The Kier molecular flexibility index (Phi) is 5.08. The number of methoxy groups -OCH3 is 1. The highest BCUT2D eigenvalue weighted by Crippen LogP contribution is 2.27. The first-order valence-electron chi connectivity index (χ1n) is 8.12. The van der Waals surface area contributed by atoms with E-state index < -0.39 is 5.97 Å². The molecule has 0 saturated carbocycles. The van der Waals surface area contributed by atoms with E-state index in [0.717, 1.165) is 5.56 Å². The number of hydrogen-bond donors (Lipinski definition) is 1. The van der Waals surface area contributed by atoms with Crippen LogP contribution < -0.4 is 5.32 Å². The number of aromatic nitrogens is 1. The number of nitrogens with zero attached hydrogens (tertiary/aromatic N) is 1. The topological polar surface area (TPSA) is 68.3 Å². The number of ether oxygens (including phenoxy) is 1. The molecule has 26 heavy (non-hydrogen) atoms. The summed E-state index contributed by atoms with van der Waals surface area (Å²) >= 11 is 0. The van der Waals surface area contributed by atoms with Crippen LogP contribution in [0.15, 0.2) is 66.7 Å². The molecule has 0 aliphatic heterocycles. The highest BCUT2D eigenvalue weighted by Gasteiger charge is 2.21.